The van der Waals surface area contributed by atoms with Gasteiger partial charge in [-0.1, -0.05) is 18.2 Å². The minimum Gasteiger partial charge on any atom is -0.368 e. The number of nitrogens with zero attached hydrogens (tertiary/aromatic N) is 2. The normalized spacial score (nSPS) is 14.9. The zero-order valence-corrected chi connectivity index (χ0v) is 19.6. The number of anilines is 1. The summed E-state index contributed by atoms with van der Waals surface area (Å²) in [6.45, 7) is 5.37. The van der Waals surface area contributed by atoms with Crippen molar-refractivity contribution in [2.24, 2.45) is 0 Å². The molecule has 1 saturated heterocycles. The van der Waals surface area contributed by atoms with Crippen LogP contribution >= 0.6 is 19.2 Å². The van der Waals surface area contributed by atoms with E-state index in [2.05, 4.69) is 62.6 Å². The van der Waals surface area contributed by atoms with Crippen molar-refractivity contribution in [3.05, 3.63) is 75.9 Å². The summed E-state index contributed by atoms with van der Waals surface area (Å²) in [7, 11) is -4.64. The first-order chi connectivity index (χ1) is 15.8. The molecule has 10 heteroatoms. The maximum atomic E-state index is 11.5. The number of aromatic nitrogens is 1. The molecule has 2 aromatic carbocycles. The highest BCUT2D eigenvalue weighted by Gasteiger charge is 2.18. The molecule has 33 heavy (non-hydrogen) atoms. The third-order valence-electron chi connectivity index (χ3n) is 5.69. The molecule has 0 amide bonds. The van der Waals surface area contributed by atoms with Gasteiger partial charge < -0.3 is 24.6 Å². The average molecular weight is 488 g/mol. The molecule has 4 aromatic rings. The minimum atomic E-state index is -4.64. The van der Waals surface area contributed by atoms with Crippen LogP contribution in [-0.4, -0.2) is 57.3 Å². The van der Waals surface area contributed by atoms with Gasteiger partial charge in [0.2, 0.25) is 5.56 Å². The standard InChI is InChI=1S/C23H23N3OS.H3O4P/c27-23-7-6-18-5-4-17(16-20(18)24-23)8-10-25-11-13-26(14-12-25)21-2-1-3-22-19(21)9-15-28-22;1-5(2,3)4/h1-7,9,15-16H,8,10-14H2,(H,24,27);(H3,1,2,3,4). The van der Waals surface area contributed by atoms with Gasteiger partial charge in [0.25, 0.3) is 0 Å². The molecule has 2 aromatic heterocycles. The number of hydrogen-bond acceptors (Lipinski definition) is 5. The Morgan fingerprint density at radius 2 is 1.70 bits per heavy atom. The molecular formula is C23H26N3O5PS. The Morgan fingerprint density at radius 1 is 0.970 bits per heavy atom. The molecule has 0 bridgehead atoms. The van der Waals surface area contributed by atoms with Gasteiger partial charge in [0, 0.05) is 60.1 Å². The van der Waals surface area contributed by atoms with Crippen LogP contribution in [0.25, 0.3) is 21.0 Å². The van der Waals surface area contributed by atoms with Gasteiger partial charge >= 0.3 is 7.82 Å². The first-order valence-electron chi connectivity index (χ1n) is 10.6. The molecule has 1 fully saturated rings. The van der Waals surface area contributed by atoms with Crippen molar-refractivity contribution in [2.45, 2.75) is 6.42 Å². The Bertz CT molecular complexity index is 1330. The van der Waals surface area contributed by atoms with Gasteiger partial charge in [-0.15, -0.1) is 11.3 Å². The molecule has 8 nitrogen and oxygen atoms in total. The number of phosphoric acid groups is 1. The molecule has 174 valence electrons. The van der Waals surface area contributed by atoms with Gasteiger partial charge in [-0.2, -0.15) is 0 Å². The molecule has 4 N–H and O–H groups in total. The number of nitrogens with one attached hydrogen (secondary N) is 1. The van der Waals surface area contributed by atoms with Crippen molar-refractivity contribution in [1.29, 1.82) is 0 Å². The second-order valence-electron chi connectivity index (χ2n) is 7.95. The van der Waals surface area contributed by atoms with Gasteiger partial charge in [-0.3, -0.25) is 9.69 Å². The van der Waals surface area contributed by atoms with Crippen LogP contribution in [0, 0.1) is 0 Å². The van der Waals surface area contributed by atoms with Crippen molar-refractivity contribution < 1.29 is 19.2 Å². The molecule has 0 aliphatic carbocycles. The smallest absolute Gasteiger partial charge is 0.368 e. The highest BCUT2D eigenvalue weighted by Crippen LogP contribution is 2.31. The summed E-state index contributed by atoms with van der Waals surface area (Å²) in [5.41, 5.74) is 3.54. The number of piperazine rings is 1. The zero-order chi connectivity index (χ0) is 23.4. The third-order valence-corrected chi connectivity index (χ3v) is 6.57. The van der Waals surface area contributed by atoms with Gasteiger partial charge in [-0.05, 0) is 53.1 Å². The van der Waals surface area contributed by atoms with Crippen molar-refractivity contribution in [3.63, 3.8) is 0 Å². The molecule has 1 aliphatic heterocycles. The fourth-order valence-electron chi connectivity index (χ4n) is 4.11. The maximum absolute atomic E-state index is 11.5. The molecule has 3 heterocycles. The van der Waals surface area contributed by atoms with E-state index in [4.69, 9.17) is 19.2 Å². The third kappa shape index (κ3) is 6.51. The summed E-state index contributed by atoms with van der Waals surface area (Å²) in [4.78, 5) is 41.1. The molecular weight excluding hydrogens is 461 g/mol. The lowest BCUT2D eigenvalue weighted by molar-refractivity contribution is 0.261. The first kappa shape index (κ1) is 23.6. The number of thiophene rings is 1. The number of H-pyrrole nitrogens is 1. The topological polar surface area (TPSA) is 117 Å². The Hall–Kier alpha value is -2.52. The maximum Gasteiger partial charge on any atom is 0.466 e. The Kier molecular flexibility index (Phi) is 7.29. The fraction of sp³-hybridized carbons (Fsp3) is 0.261. The van der Waals surface area contributed by atoms with Crippen molar-refractivity contribution in [3.8, 4) is 0 Å². The van der Waals surface area contributed by atoms with E-state index in [9.17, 15) is 4.79 Å². The van der Waals surface area contributed by atoms with Gasteiger partial charge in [0.1, 0.15) is 0 Å². The predicted octanol–water partition coefficient (Wildman–Crippen LogP) is 3.18. The number of fused-ring (bicyclic) bond motifs is 2. The molecule has 5 rings (SSSR count). The van der Waals surface area contributed by atoms with Crippen molar-refractivity contribution in [2.75, 3.05) is 37.6 Å². The second-order valence-corrected chi connectivity index (χ2v) is 9.92. The monoisotopic (exact) mass is 487 g/mol. The minimum absolute atomic E-state index is 0.0404. The molecule has 0 saturated carbocycles. The Labute approximate surface area is 195 Å². The summed E-state index contributed by atoms with van der Waals surface area (Å²) in [5, 5.41) is 4.65. The van der Waals surface area contributed by atoms with E-state index in [-0.39, 0.29) is 5.56 Å². The number of benzene rings is 2. The molecule has 0 radical (unpaired) electrons. The summed E-state index contributed by atoms with van der Waals surface area (Å²) >= 11 is 1.81. The fourth-order valence-corrected chi connectivity index (χ4v) is 4.91. The number of aromatic amines is 1. The van der Waals surface area contributed by atoms with Crippen LogP contribution in [0.3, 0.4) is 0 Å². The van der Waals surface area contributed by atoms with Gasteiger partial charge in [0.05, 0.1) is 0 Å². The highest BCUT2D eigenvalue weighted by molar-refractivity contribution is 7.45. The first-order valence-corrected chi connectivity index (χ1v) is 13.0. The summed E-state index contributed by atoms with van der Waals surface area (Å²) in [5.74, 6) is 0. The van der Waals surface area contributed by atoms with Gasteiger partial charge in [0.15, 0.2) is 0 Å². The van der Waals surface area contributed by atoms with E-state index in [0.29, 0.717) is 0 Å². The molecule has 1 aliphatic rings. The number of pyridine rings is 1. The van der Waals surface area contributed by atoms with Gasteiger partial charge in [-0.25, -0.2) is 4.57 Å². The van der Waals surface area contributed by atoms with Crippen LogP contribution in [0.4, 0.5) is 5.69 Å². The quantitative estimate of drug-likeness (QED) is 0.327. The highest BCUT2D eigenvalue weighted by atomic mass is 32.1. The van der Waals surface area contributed by atoms with Crippen LogP contribution in [0.1, 0.15) is 5.56 Å². The van der Waals surface area contributed by atoms with E-state index in [1.807, 2.05) is 17.4 Å². The van der Waals surface area contributed by atoms with Crippen LogP contribution in [0.2, 0.25) is 0 Å². The summed E-state index contributed by atoms with van der Waals surface area (Å²) < 4.78 is 10.3. The lowest BCUT2D eigenvalue weighted by atomic mass is 10.1. The van der Waals surface area contributed by atoms with E-state index >= 15 is 0 Å². The lowest BCUT2D eigenvalue weighted by Gasteiger charge is -2.36. The average Bonchev–Trinajstić information content (AvgIpc) is 3.26. The van der Waals surface area contributed by atoms with E-state index in [0.717, 1.165) is 50.0 Å². The molecule has 0 atom stereocenters. The van der Waals surface area contributed by atoms with E-state index in [1.54, 1.807) is 6.07 Å². The van der Waals surface area contributed by atoms with E-state index in [1.165, 1.54) is 21.3 Å². The molecule has 0 spiro atoms. The van der Waals surface area contributed by atoms with Crippen LogP contribution < -0.4 is 10.5 Å². The largest absolute Gasteiger partial charge is 0.466 e. The van der Waals surface area contributed by atoms with E-state index < -0.39 is 7.82 Å². The van der Waals surface area contributed by atoms with Crippen LogP contribution in [-0.2, 0) is 11.0 Å². The Morgan fingerprint density at radius 3 is 2.45 bits per heavy atom. The molecule has 0 unspecified atom stereocenters. The summed E-state index contributed by atoms with van der Waals surface area (Å²) in [6.07, 6.45) is 1.01. The summed E-state index contributed by atoms with van der Waals surface area (Å²) in [6, 6.07) is 18.7. The zero-order valence-electron chi connectivity index (χ0n) is 17.9. The second kappa shape index (κ2) is 10.2. The van der Waals surface area contributed by atoms with Crippen LogP contribution in [0.5, 0.6) is 0 Å². The number of hydrogen-bond donors (Lipinski definition) is 4. The predicted molar refractivity (Wildman–Crippen MR) is 133 cm³/mol. The number of rotatable bonds is 4. The van der Waals surface area contributed by atoms with Crippen molar-refractivity contribution >= 4 is 45.8 Å². The van der Waals surface area contributed by atoms with Crippen LogP contribution in [0.15, 0.2) is 64.8 Å². The van der Waals surface area contributed by atoms with Crippen molar-refractivity contribution in [1.82, 2.24) is 9.88 Å². The SMILES string of the molecule is O=P(O)(O)O.O=c1ccc2ccc(CCN3CCN(c4cccc5sccc45)CC3)cc2[nH]1. The lowest BCUT2D eigenvalue weighted by Crippen LogP contribution is -2.47. The Balaban J connectivity index is 0.000000471.